The number of rotatable bonds is 6. The van der Waals surface area contributed by atoms with Crippen LogP contribution in [-0.4, -0.2) is 23.3 Å². The van der Waals surface area contributed by atoms with Crippen molar-refractivity contribution < 1.29 is 28.9 Å². The molecule has 1 unspecified atom stereocenters. The number of aliphatic carboxylic acids is 1. The first kappa shape index (κ1) is 22.1. The van der Waals surface area contributed by atoms with E-state index in [9.17, 15) is 9.90 Å². The Bertz CT molecular complexity index is 1160. The van der Waals surface area contributed by atoms with Crippen LogP contribution in [0.3, 0.4) is 0 Å². The molecule has 0 saturated heterocycles. The quantitative estimate of drug-likeness (QED) is 0.495. The lowest BCUT2D eigenvalue weighted by atomic mass is 9.94. The van der Waals surface area contributed by atoms with E-state index in [0.717, 1.165) is 5.56 Å². The van der Waals surface area contributed by atoms with Crippen molar-refractivity contribution in [3.8, 4) is 22.6 Å². The molecule has 0 aliphatic carbocycles. The van der Waals surface area contributed by atoms with Crippen molar-refractivity contribution in [3.63, 3.8) is 0 Å². The van der Waals surface area contributed by atoms with E-state index in [-0.39, 0.29) is 0 Å². The standard InChI is InChI=1S/C25H22ClFO5/c1-31-17-6-8-20(26)19(12-17)15-4-7-18(21(27)10-15)23-9-5-14-2-3-16(11-24(14)32-23)22(28)13-25(29)30/h2-4,6-8,10-12,22-23,28H,5,9,13H2,1H3,(H,29,30)/t22-,23?/m1/s1. The number of ether oxygens (including phenoxy) is 2. The Hall–Kier alpha value is -3.09. The van der Waals surface area contributed by atoms with Gasteiger partial charge in [-0.1, -0.05) is 35.9 Å². The molecule has 32 heavy (non-hydrogen) atoms. The summed E-state index contributed by atoms with van der Waals surface area (Å²) in [5.74, 6) is -0.339. The first-order valence-corrected chi connectivity index (χ1v) is 10.6. The van der Waals surface area contributed by atoms with Crippen LogP contribution in [0.4, 0.5) is 4.39 Å². The van der Waals surface area contributed by atoms with Gasteiger partial charge in [-0.25, -0.2) is 4.39 Å². The fourth-order valence-corrected chi connectivity index (χ4v) is 4.13. The molecule has 1 heterocycles. The maximum atomic E-state index is 15.1. The highest BCUT2D eigenvalue weighted by molar-refractivity contribution is 6.33. The third-order valence-electron chi connectivity index (χ3n) is 5.62. The van der Waals surface area contributed by atoms with Gasteiger partial charge in [0.15, 0.2) is 0 Å². The minimum Gasteiger partial charge on any atom is -0.497 e. The molecule has 1 aliphatic heterocycles. The van der Waals surface area contributed by atoms with E-state index >= 15 is 4.39 Å². The van der Waals surface area contributed by atoms with Crippen molar-refractivity contribution in [3.05, 3.63) is 82.1 Å². The smallest absolute Gasteiger partial charge is 0.306 e. The highest BCUT2D eigenvalue weighted by atomic mass is 35.5. The average molecular weight is 457 g/mol. The Morgan fingerprint density at radius 3 is 2.75 bits per heavy atom. The highest BCUT2D eigenvalue weighted by Gasteiger charge is 2.25. The molecular weight excluding hydrogens is 435 g/mol. The van der Waals surface area contributed by atoms with Crippen LogP contribution in [-0.2, 0) is 11.2 Å². The maximum absolute atomic E-state index is 15.1. The second-order valence-electron chi connectivity index (χ2n) is 7.71. The van der Waals surface area contributed by atoms with Crippen molar-refractivity contribution in [1.82, 2.24) is 0 Å². The Kier molecular flexibility index (Phi) is 6.35. The third-order valence-corrected chi connectivity index (χ3v) is 5.95. The zero-order chi connectivity index (χ0) is 22.8. The van der Waals surface area contributed by atoms with Crippen LogP contribution in [0.2, 0.25) is 5.02 Å². The van der Waals surface area contributed by atoms with E-state index in [2.05, 4.69) is 0 Å². The van der Waals surface area contributed by atoms with E-state index in [0.29, 0.717) is 51.6 Å². The summed E-state index contributed by atoms with van der Waals surface area (Å²) < 4.78 is 26.4. The number of fused-ring (bicyclic) bond motifs is 1. The maximum Gasteiger partial charge on any atom is 0.306 e. The van der Waals surface area contributed by atoms with Gasteiger partial charge in [0.1, 0.15) is 23.4 Å². The molecular formula is C25H22ClFO5. The summed E-state index contributed by atoms with van der Waals surface area (Å²) in [7, 11) is 1.56. The van der Waals surface area contributed by atoms with Gasteiger partial charge in [-0.15, -0.1) is 0 Å². The van der Waals surface area contributed by atoms with Crippen molar-refractivity contribution in [2.24, 2.45) is 0 Å². The Labute approximate surface area is 190 Å². The van der Waals surface area contributed by atoms with Gasteiger partial charge < -0.3 is 19.7 Å². The molecule has 0 spiro atoms. The summed E-state index contributed by atoms with van der Waals surface area (Å²) in [6, 6.07) is 15.3. The van der Waals surface area contributed by atoms with Gasteiger partial charge in [0.05, 0.1) is 19.6 Å². The molecule has 5 nitrogen and oxygen atoms in total. The molecule has 4 rings (SSSR count). The number of halogens is 2. The molecule has 0 amide bonds. The summed E-state index contributed by atoms with van der Waals surface area (Å²) in [5, 5.41) is 19.5. The molecule has 2 atom stereocenters. The largest absolute Gasteiger partial charge is 0.497 e. The summed E-state index contributed by atoms with van der Waals surface area (Å²) in [6.45, 7) is 0. The van der Waals surface area contributed by atoms with Crippen molar-refractivity contribution in [1.29, 1.82) is 0 Å². The number of aliphatic hydroxyl groups excluding tert-OH is 1. The Morgan fingerprint density at radius 2 is 2.03 bits per heavy atom. The van der Waals surface area contributed by atoms with E-state index in [4.69, 9.17) is 26.2 Å². The fraction of sp³-hybridized carbons (Fsp3) is 0.240. The molecule has 2 N–H and O–H groups in total. The number of carbonyl (C=O) groups is 1. The second kappa shape index (κ2) is 9.18. The predicted octanol–water partition coefficient (Wildman–Crippen LogP) is 5.73. The van der Waals surface area contributed by atoms with E-state index in [1.807, 2.05) is 6.07 Å². The summed E-state index contributed by atoms with van der Waals surface area (Å²) >= 11 is 6.30. The summed E-state index contributed by atoms with van der Waals surface area (Å²) in [6.07, 6.45) is -0.751. The highest BCUT2D eigenvalue weighted by Crippen LogP contribution is 2.39. The van der Waals surface area contributed by atoms with Gasteiger partial charge >= 0.3 is 5.97 Å². The van der Waals surface area contributed by atoms with Gasteiger partial charge in [-0.2, -0.15) is 0 Å². The van der Waals surface area contributed by atoms with Crippen LogP contribution in [0.1, 0.15) is 41.7 Å². The molecule has 0 saturated carbocycles. The monoisotopic (exact) mass is 456 g/mol. The van der Waals surface area contributed by atoms with Crippen LogP contribution in [0.5, 0.6) is 11.5 Å². The van der Waals surface area contributed by atoms with Gasteiger partial charge in [0.25, 0.3) is 0 Å². The zero-order valence-corrected chi connectivity index (χ0v) is 18.1. The molecule has 0 bridgehead atoms. The number of benzene rings is 3. The summed E-state index contributed by atoms with van der Waals surface area (Å²) in [5.41, 5.74) is 3.12. The van der Waals surface area contributed by atoms with Gasteiger partial charge in [0, 0.05) is 16.1 Å². The van der Waals surface area contributed by atoms with Crippen molar-refractivity contribution in [2.45, 2.75) is 31.5 Å². The third kappa shape index (κ3) is 4.56. The lowest BCUT2D eigenvalue weighted by molar-refractivity contribution is -0.139. The number of hydrogen-bond donors (Lipinski definition) is 2. The van der Waals surface area contributed by atoms with Crippen LogP contribution in [0.15, 0.2) is 54.6 Å². The minimum absolute atomic E-state index is 0.398. The molecule has 3 aromatic rings. The van der Waals surface area contributed by atoms with Crippen LogP contribution in [0, 0.1) is 5.82 Å². The van der Waals surface area contributed by atoms with Crippen molar-refractivity contribution >= 4 is 17.6 Å². The van der Waals surface area contributed by atoms with Gasteiger partial charge in [-0.3, -0.25) is 4.79 Å². The molecule has 0 aromatic heterocycles. The molecule has 0 fully saturated rings. The fourth-order valence-electron chi connectivity index (χ4n) is 3.90. The SMILES string of the molecule is COc1ccc(Cl)c(-c2ccc(C3CCc4ccc([C@H](O)CC(=O)O)cc4O3)c(F)c2)c1. The first-order valence-electron chi connectivity index (χ1n) is 10.2. The molecule has 1 aliphatic rings. The average Bonchev–Trinajstić information content (AvgIpc) is 2.78. The molecule has 3 aromatic carbocycles. The Balaban J connectivity index is 1.59. The Morgan fingerprint density at radius 1 is 1.22 bits per heavy atom. The zero-order valence-electron chi connectivity index (χ0n) is 17.3. The van der Waals surface area contributed by atoms with E-state index in [1.165, 1.54) is 6.07 Å². The van der Waals surface area contributed by atoms with Crippen LogP contribution in [0.25, 0.3) is 11.1 Å². The summed E-state index contributed by atoms with van der Waals surface area (Å²) in [4.78, 5) is 10.9. The van der Waals surface area contributed by atoms with Gasteiger partial charge in [-0.05, 0) is 59.9 Å². The number of hydrogen-bond acceptors (Lipinski definition) is 4. The first-order chi connectivity index (χ1) is 15.4. The van der Waals surface area contributed by atoms with Gasteiger partial charge in [0.2, 0.25) is 0 Å². The van der Waals surface area contributed by atoms with Crippen molar-refractivity contribution in [2.75, 3.05) is 7.11 Å². The molecule has 7 heteroatoms. The van der Waals surface area contributed by atoms with E-state index in [1.54, 1.807) is 49.6 Å². The number of carboxylic acid groups (broad SMARTS) is 1. The topological polar surface area (TPSA) is 76.0 Å². The minimum atomic E-state index is -1.13. The number of carboxylic acids is 1. The molecule has 0 radical (unpaired) electrons. The predicted molar refractivity (Wildman–Crippen MR) is 119 cm³/mol. The molecule has 166 valence electrons. The number of aryl methyl sites for hydroxylation is 1. The number of aliphatic hydroxyl groups is 1. The normalized spacial score (nSPS) is 16.1. The lowest BCUT2D eigenvalue weighted by Crippen LogP contribution is -2.17. The number of methoxy groups -OCH3 is 1. The van der Waals surface area contributed by atoms with E-state index < -0.39 is 30.4 Å². The lowest BCUT2D eigenvalue weighted by Gasteiger charge is -2.27. The van der Waals surface area contributed by atoms with Crippen LogP contribution >= 0.6 is 11.6 Å². The second-order valence-corrected chi connectivity index (χ2v) is 8.12. The van der Waals surface area contributed by atoms with Crippen LogP contribution < -0.4 is 9.47 Å².